The van der Waals surface area contributed by atoms with Crippen LogP contribution in [0.3, 0.4) is 0 Å². The molecular formula is C22H21NO5S. The predicted octanol–water partition coefficient (Wildman–Crippen LogP) is 4.72. The molecule has 0 aliphatic carbocycles. The minimum Gasteiger partial charge on any atom is -0.497 e. The van der Waals surface area contributed by atoms with Gasteiger partial charge in [0.2, 0.25) is 0 Å². The van der Waals surface area contributed by atoms with Gasteiger partial charge in [-0.15, -0.1) is 0 Å². The van der Waals surface area contributed by atoms with Gasteiger partial charge in [0, 0.05) is 22.9 Å². The Morgan fingerprint density at radius 2 is 1.55 bits per heavy atom. The number of benzene rings is 3. The molecule has 0 unspecified atom stereocenters. The minimum atomic E-state index is -3.93. The van der Waals surface area contributed by atoms with Crippen molar-refractivity contribution in [1.29, 1.82) is 0 Å². The normalized spacial score (nSPS) is 11.7. The van der Waals surface area contributed by atoms with Crippen LogP contribution in [0.5, 0.6) is 17.2 Å². The quantitative estimate of drug-likeness (QED) is 0.481. The molecule has 0 saturated heterocycles. The van der Waals surface area contributed by atoms with E-state index in [9.17, 15) is 8.42 Å². The van der Waals surface area contributed by atoms with Crippen LogP contribution in [0, 0.1) is 13.8 Å². The second kappa shape index (κ2) is 7.00. The fourth-order valence-corrected chi connectivity index (χ4v) is 4.30. The van der Waals surface area contributed by atoms with Gasteiger partial charge in [0.1, 0.15) is 22.1 Å². The number of methoxy groups -OCH3 is 2. The lowest BCUT2D eigenvalue weighted by molar-refractivity contribution is 0.397. The highest BCUT2D eigenvalue weighted by molar-refractivity contribution is 7.87. The first-order chi connectivity index (χ1) is 13.8. The fourth-order valence-electron chi connectivity index (χ4n) is 3.32. The molecular weight excluding hydrogens is 390 g/mol. The molecule has 29 heavy (non-hydrogen) atoms. The monoisotopic (exact) mass is 411 g/mol. The maximum absolute atomic E-state index is 12.7. The van der Waals surface area contributed by atoms with Crippen LogP contribution < -0.4 is 13.7 Å². The van der Waals surface area contributed by atoms with E-state index in [0.29, 0.717) is 17.1 Å². The first-order valence-electron chi connectivity index (χ1n) is 9.01. The average Bonchev–Trinajstić information content (AvgIpc) is 3.05. The van der Waals surface area contributed by atoms with Crippen molar-refractivity contribution in [3.05, 3.63) is 59.7 Å². The van der Waals surface area contributed by atoms with Crippen molar-refractivity contribution in [1.82, 2.24) is 4.98 Å². The number of rotatable bonds is 5. The molecule has 1 heterocycles. The van der Waals surface area contributed by atoms with Crippen molar-refractivity contribution in [2.45, 2.75) is 18.7 Å². The van der Waals surface area contributed by atoms with Crippen molar-refractivity contribution in [3.8, 4) is 17.2 Å². The van der Waals surface area contributed by atoms with Crippen LogP contribution in [0.1, 0.15) is 11.1 Å². The number of H-pyrrole nitrogens is 1. The summed E-state index contributed by atoms with van der Waals surface area (Å²) in [6.45, 7) is 3.71. The highest BCUT2D eigenvalue weighted by Crippen LogP contribution is 2.38. The molecule has 0 bridgehead atoms. The van der Waals surface area contributed by atoms with Gasteiger partial charge in [-0.25, -0.2) is 0 Å². The number of nitrogens with one attached hydrogen (secondary N) is 1. The zero-order valence-electron chi connectivity index (χ0n) is 16.6. The van der Waals surface area contributed by atoms with Crippen molar-refractivity contribution in [3.63, 3.8) is 0 Å². The highest BCUT2D eigenvalue weighted by atomic mass is 32.2. The number of aromatic amines is 1. The van der Waals surface area contributed by atoms with Crippen molar-refractivity contribution in [2.24, 2.45) is 0 Å². The molecule has 0 spiro atoms. The van der Waals surface area contributed by atoms with Gasteiger partial charge in [-0.2, -0.15) is 8.42 Å². The van der Waals surface area contributed by atoms with Crippen LogP contribution >= 0.6 is 0 Å². The van der Waals surface area contributed by atoms with Gasteiger partial charge in [0.25, 0.3) is 0 Å². The first-order valence-corrected chi connectivity index (χ1v) is 10.4. The van der Waals surface area contributed by atoms with Gasteiger partial charge in [0.05, 0.1) is 25.3 Å². The zero-order valence-corrected chi connectivity index (χ0v) is 17.4. The molecule has 7 heteroatoms. The summed E-state index contributed by atoms with van der Waals surface area (Å²) in [6, 6.07) is 13.9. The summed E-state index contributed by atoms with van der Waals surface area (Å²) in [5.74, 6) is 1.59. The Balaban J connectivity index is 1.83. The van der Waals surface area contributed by atoms with Crippen LogP contribution in [0.4, 0.5) is 0 Å². The average molecular weight is 411 g/mol. The van der Waals surface area contributed by atoms with Crippen LogP contribution in [0.15, 0.2) is 53.4 Å². The molecule has 1 aromatic heterocycles. The zero-order chi connectivity index (χ0) is 20.8. The molecule has 3 aromatic carbocycles. The summed E-state index contributed by atoms with van der Waals surface area (Å²) in [7, 11) is -0.743. The summed E-state index contributed by atoms with van der Waals surface area (Å²) >= 11 is 0. The Kier molecular flexibility index (Phi) is 4.62. The van der Waals surface area contributed by atoms with Crippen molar-refractivity contribution < 1.29 is 22.1 Å². The molecule has 0 radical (unpaired) electrons. The van der Waals surface area contributed by atoms with E-state index in [4.69, 9.17) is 13.7 Å². The topological polar surface area (TPSA) is 77.6 Å². The molecule has 0 aliphatic heterocycles. The number of ether oxygens (including phenoxy) is 2. The molecule has 150 valence electrons. The van der Waals surface area contributed by atoms with Gasteiger partial charge in [-0.05, 0) is 43.7 Å². The lowest BCUT2D eigenvalue weighted by Crippen LogP contribution is -2.10. The summed E-state index contributed by atoms with van der Waals surface area (Å²) in [6.07, 6.45) is 0. The van der Waals surface area contributed by atoms with E-state index in [0.717, 1.165) is 27.4 Å². The van der Waals surface area contributed by atoms with E-state index in [1.165, 1.54) is 0 Å². The van der Waals surface area contributed by atoms with Crippen LogP contribution in [0.25, 0.3) is 21.8 Å². The second-order valence-corrected chi connectivity index (χ2v) is 8.44. The van der Waals surface area contributed by atoms with E-state index in [1.54, 1.807) is 50.6 Å². The Labute approximate surface area is 169 Å². The maximum atomic E-state index is 12.7. The standard InChI is InChI=1S/C22H21NO5S/c1-13-5-7-16(8-6-13)29(24,25)28-20-12-19-17(9-14(20)2)18-10-15(26-3)11-21(27-4)22(18)23-19/h5-12,23H,1-4H3. The summed E-state index contributed by atoms with van der Waals surface area (Å²) in [5.41, 5.74) is 3.23. The second-order valence-electron chi connectivity index (χ2n) is 6.89. The number of fused-ring (bicyclic) bond motifs is 3. The molecule has 4 rings (SSSR count). The molecule has 0 aliphatic rings. The number of aromatic nitrogens is 1. The molecule has 0 atom stereocenters. The largest absolute Gasteiger partial charge is 0.497 e. The van der Waals surface area contributed by atoms with E-state index in [1.807, 2.05) is 26.0 Å². The molecule has 1 N–H and O–H groups in total. The third-order valence-corrected chi connectivity index (χ3v) is 6.15. The van der Waals surface area contributed by atoms with Crippen molar-refractivity contribution in [2.75, 3.05) is 14.2 Å². The van der Waals surface area contributed by atoms with E-state index in [-0.39, 0.29) is 10.6 Å². The number of hydrogen-bond acceptors (Lipinski definition) is 5. The summed E-state index contributed by atoms with van der Waals surface area (Å²) in [4.78, 5) is 3.41. The predicted molar refractivity (Wildman–Crippen MR) is 113 cm³/mol. The van der Waals surface area contributed by atoms with Gasteiger partial charge in [-0.3, -0.25) is 0 Å². The van der Waals surface area contributed by atoms with Crippen LogP contribution in [0.2, 0.25) is 0 Å². The summed E-state index contributed by atoms with van der Waals surface area (Å²) in [5, 5.41) is 1.85. The smallest absolute Gasteiger partial charge is 0.339 e. The Bertz CT molecular complexity index is 1320. The number of aryl methyl sites for hydroxylation is 2. The maximum Gasteiger partial charge on any atom is 0.339 e. The van der Waals surface area contributed by atoms with Crippen LogP contribution in [-0.2, 0) is 10.1 Å². The van der Waals surface area contributed by atoms with Crippen LogP contribution in [-0.4, -0.2) is 27.6 Å². The van der Waals surface area contributed by atoms with Gasteiger partial charge in [-0.1, -0.05) is 17.7 Å². The van der Waals surface area contributed by atoms with Crippen molar-refractivity contribution >= 4 is 31.9 Å². The molecule has 0 amide bonds. The molecule has 0 saturated carbocycles. The van der Waals surface area contributed by atoms with E-state index in [2.05, 4.69) is 4.98 Å². The minimum absolute atomic E-state index is 0.116. The van der Waals surface area contributed by atoms with Gasteiger partial charge < -0.3 is 18.6 Å². The third kappa shape index (κ3) is 3.38. The van der Waals surface area contributed by atoms with E-state index < -0.39 is 10.1 Å². The molecule has 4 aromatic rings. The Hall–Kier alpha value is -3.19. The Morgan fingerprint density at radius 3 is 2.21 bits per heavy atom. The van der Waals surface area contributed by atoms with E-state index >= 15 is 0 Å². The fraction of sp³-hybridized carbons (Fsp3) is 0.182. The molecule has 6 nitrogen and oxygen atoms in total. The lowest BCUT2D eigenvalue weighted by atomic mass is 10.1. The Morgan fingerprint density at radius 1 is 0.828 bits per heavy atom. The molecule has 0 fully saturated rings. The third-order valence-electron chi connectivity index (χ3n) is 4.91. The highest BCUT2D eigenvalue weighted by Gasteiger charge is 2.19. The van der Waals surface area contributed by atoms with Gasteiger partial charge in [0.15, 0.2) is 0 Å². The first kappa shape index (κ1) is 19.1. The SMILES string of the molecule is COc1cc(OC)c2[nH]c3cc(OS(=O)(=O)c4ccc(C)cc4)c(C)cc3c2c1. The lowest BCUT2D eigenvalue weighted by Gasteiger charge is -2.10. The summed E-state index contributed by atoms with van der Waals surface area (Å²) < 4.78 is 41.7. The number of hydrogen-bond donors (Lipinski definition) is 1. The van der Waals surface area contributed by atoms with Gasteiger partial charge >= 0.3 is 10.1 Å².